The molecule has 0 saturated carbocycles. The van der Waals surface area contributed by atoms with Crippen LogP contribution in [0.25, 0.3) is 0 Å². The van der Waals surface area contributed by atoms with Crippen LogP contribution in [0.5, 0.6) is 5.75 Å². The van der Waals surface area contributed by atoms with Crippen molar-refractivity contribution >= 4 is 47.0 Å². The van der Waals surface area contributed by atoms with Gasteiger partial charge in [0.15, 0.2) is 8.68 Å². The number of thioether (sulfide) groups is 2. The van der Waals surface area contributed by atoms with E-state index in [1.54, 1.807) is 18.0 Å². The number of hydrogen-bond donors (Lipinski definition) is 1. The summed E-state index contributed by atoms with van der Waals surface area (Å²) in [7, 11) is 0. The third kappa shape index (κ3) is 8.54. The quantitative estimate of drug-likeness (QED) is 0.149. The van der Waals surface area contributed by atoms with E-state index >= 15 is 0 Å². The number of ether oxygens (including phenoxy) is 1. The first-order valence-electron chi connectivity index (χ1n) is 10.9. The number of rotatable bonds is 11. The normalized spacial score (nSPS) is 11.0. The van der Waals surface area contributed by atoms with Gasteiger partial charge in [0.05, 0.1) is 12.0 Å². The molecule has 4 aromatic rings. The summed E-state index contributed by atoms with van der Waals surface area (Å²) in [5.41, 5.74) is 7.03. The second-order valence-corrected chi connectivity index (χ2v) is 11.0. The molecule has 4 rings (SSSR count). The van der Waals surface area contributed by atoms with E-state index in [0.29, 0.717) is 6.61 Å². The van der Waals surface area contributed by atoms with Crippen LogP contribution in [0.1, 0.15) is 22.3 Å². The molecular weight excluding hydrogens is 497 g/mol. The Morgan fingerprint density at radius 2 is 1.66 bits per heavy atom. The van der Waals surface area contributed by atoms with E-state index in [4.69, 9.17) is 4.74 Å². The van der Waals surface area contributed by atoms with Gasteiger partial charge in [0.2, 0.25) is 0 Å². The Morgan fingerprint density at radius 1 is 0.943 bits per heavy atom. The molecule has 1 N–H and O–H groups in total. The van der Waals surface area contributed by atoms with Gasteiger partial charge in [-0.1, -0.05) is 95.0 Å². The lowest BCUT2D eigenvalue weighted by Crippen LogP contribution is -2.19. The highest BCUT2D eigenvalue weighted by atomic mass is 32.2. The number of amides is 1. The highest BCUT2D eigenvalue weighted by molar-refractivity contribution is 8.03. The van der Waals surface area contributed by atoms with Crippen LogP contribution in [0.4, 0.5) is 0 Å². The number of aryl methyl sites for hydroxylation is 1. The van der Waals surface area contributed by atoms with Crippen LogP contribution in [0.15, 0.2) is 92.6 Å². The Bertz CT molecular complexity index is 1240. The number of nitrogens with one attached hydrogen (secondary N) is 1. The highest BCUT2D eigenvalue weighted by Gasteiger charge is 2.08. The summed E-state index contributed by atoms with van der Waals surface area (Å²) in [6, 6.07) is 26.0. The van der Waals surface area contributed by atoms with Crippen LogP contribution in [0, 0.1) is 6.92 Å². The predicted molar refractivity (Wildman–Crippen MR) is 144 cm³/mol. The number of benzene rings is 3. The molecule has 3 aromatic carbocycles. The van der Waals surface area contributed by atoms with Gasteiger partial charge in [0.1, 0.15) is 12.4 Å². The Balaban J connectivity index is 1.15. The average molecular weight is 521 g/mol. The van der Waals surface area contributed by atoms with Crippen molar-refractivity contribution in [2.45, 2.75) is 28.0 Å². The molecule has 9 heteroatoms. The Morgan fingerprint density at radius 3 is 2.40 bits per heavy atom. The van der Waals surface area contributed by atoms with Crippen molar-refractivity contribution in [2.75, 3.05) is 5.75 Å². The molecule has 0 fully saturated rings. The number of carbonyl (C=O) groups is 1. The fraction of sp³-hybridized carbons (Fsp3) is 0.154. The van der Waals surface area contributed by atoms with E-state index in [0.717, 1.165) is 31.3 Å². The maximum absolute atomic E-state index is 12.1. The molecule has 0 bridgehead atoms. The summed E-state index contributed by atoms with van der Waals surface area (Å²) in [5.74, 6) is 1.65. The van der Waals surface area contributed by atoms with Crippen LogP contribution in [-0.2, 0) is 17.2 Å². The van der Waals surface area contributed by atoms with Gasteiger partial charge < -0.3 is 4.74 Å². The van der Waals surface area contributed by atoms with Crippen LogP contribution in [-0.4, -0.2) is 28.1 Å². The van der Waals surface area contributed by atoms with Gasteiger partial charge in [-0.25, -0.2) is 5.43 Å². The maximum atomic E-state index is 12.1. The summed E-state index contributed by atoms with van der Waals surface area (Å²) in [5, 5.41) is 12.4. The van der Waals surface area contributed by atoms with Gasteiger partial charge in [-0.2, -0.15) is 5.10 Å². The summed E-state index contributed by atoms with van der Waals surface area (Å²) in [6.45, 7) is 2.59. The number of hydrogen-bond acceptors (Lipinski definition) is 8. The van der Waals surface area contributed by atoms with Gasteiger partial charge in [-0.3, -0.25) is 4.79 Å². The monoisotopic (exact) mass is 520 g/mol. The zero-order valence-corrected chi connectivity index (χ0v) is 21.5. The second-order valence-electron chi connectivity index (χ2n) is 7.53. The van der Waals surface area contributed by atoms with Crippen molar-refractivity contribution in [2.24, 2.45) is 5.10 Å². The van der Waals surface area contributed by atoms with Gasteiger partial charge in [-0.15, -0.1) is 10.2 Å². The van der Waals surface area contributed by atoms with Gasteiger partial charge in [-0.05, 0) is 47.9 Å². The van der Waals surface area contributed by atoms with E-state index in [1.807, 2.05) is 54.6 Å². The second kappa shape index (κ2) is 13.1. The third-order valence-corrected chi connectivity index (χ3v) is 7.99. The zero-order chi connectivity index (χ0) is 24.3. The molecule has 35 heavy (non-hydrogen) atoms. The topological polar surface area (TPSA) is 76.5 Å². The van der Waals surface area contributed by atoms with E-state index in [-0.39, 0.29) is 11.7 Å². The van der Waals surface area contributed by atoms with Crippen LogP contribution in [0.2, 0.25) is 0 Å². The number of nitrogens with zero attached hydrogens (tertiary/aromatic N) is 3. The average Bonchev–Trinajstić information content (AvgIpc) is 3.35. The fourth-order valence-electron chi connectivity index (χ4n) is 2.87. The first-order valence-corrected chi connectivity index (χ1v) is 13.7. The summed E-state index contributed by atoms with van der Waals surface area (Å²) < 4.78 is 7.44. The lowest BCUT2D eigenvalue weighted by atomic mass is 10.2. The Kier molecular flexibility index (Phi) is 9.33. The van der Waals surface area contributed by atoms with Crippen molar-refractivity contribution < 1.29 is 9.53 Å². The molecule has 0 atom stereocenters. The molecule has 0 aliphatic heterocycles. The smallest absolute Gasteiger partial charge is 0.250 e. The molecule has 0 aliphatic carbocycles. The molecular formula is C26H24N4O2S3. The summed E-state index contributed by atoms with van der Waals surface area (Å²) >= 11 is 4.50. The zero-order valence-electron chi connectivity index (χ0n) is 19.1. The van der Waals surface area contributed by atoms with Crippen molar-refractivity contribution in [3.05, 3.63) is 101 Å². The largest absolute Gasteiger partial charge is 0.489 e. The van der Waals surface area contributed by atoms with E-state index < -0.39 is 0 Å². The summed E-state index contributed by atoms with van der Waals surface area (Å²) in [6.07, 6.45) is 1.61. The standard InChI is InChI=1S/C26H24N4O2S3/c1-19-7-9-22(10-8-19)17-33-25-29-30-26(35-25)34-18-24(31)28-27-15-20-11-13-23(14-12-20)32-16-21-5-3-2-4-6-21/h2-15H,16-18H2,1H3,(H,28,31). The first kappa shape index (κ1) is 25.0. The van der Waals surface area contributed by atoms with Gasteiger partial charge >= 0.3 is 0 Å². The number of aromatic nitrogens is 2. The molecule has 0 spiro atoms. The Labute approximate surface area is 217 Å². The molecule has 178 valence electrons. The molecule has 1 heterocycles. The predicted octanol–water partition coefficient (Wildman–Crippen LogP) is 5.96. The maximum Gasteiger partial charge on any atom is 0.250 e. The third-order valence-electron chi connectivity index (χ3n) is 4.73. The highest BCUT2D eigenvalue weighted by Crippen LogP contribution is 2.30. The minimum absolute atomic E-state index is 0.196. The molecule has 6 nitrogen and oxygen atoms in total. The van der Waals surface area contributed by atoms with Crippen molar-refractivity contribution in [1.82, 2.24) is 15.6 Å². The molecule has 0 aliphatic rings. The van der Waals surface area contributed by atoms with Crippen molar-refractivity contribution in [3.8, 4) is 5.75 Å². The minimum atomic E-state index is -0.196. The van der Waals surface area contributed by atoms with Crippen molar-refractivity contribution in [1.29, 1.82) is 0 Å². The number of carbonyl (C=O) groups excluding carboxylic acids is 1. The SMILES string of the molecule is Cc1ccc(CSc2nnc(SCC(=O)NN=Cc3ccc(OCc4ccccc4)cc3)s2)cc1. The molecule has 1 aromatic heterocycles. The minimum Gasteiger partial charge on any atom is -0.489 e. The lowest BCUT2D eigenvalue weighted by molar-refractivity contribution is -0.118. The molecule has 0 radical (unpaired) electrons. The molecule has 0 saturated heterocycles. The lowest BCUT2D eigenvalue weighted by Gasteiger charge is -2.06. The van der Waals surface area contributed by atoms with Crippen LogP contribution < -0.4 is 10.2 Å². The van der Waals surface area contributed by atoms with Gasteiger partial charge in [0.25, 0.3) is 5.91 Å². The molecule has 1 amide bonds. The van der Waals surface area contributed by atoms with Gasteiger partial charge in [0, 0.05) is 5.75 Å². The van der Waals surface area contributed by atoms with Crippen LogP contribution in [0.3, 0.4) is 0 Å². The van der Waals surface area contributed by atoms with E-state index in [2.05, 4.69) is 51.9 Å². The number of hydrazone groups is 1. The van der Waals surface area contributed by atoms with E-state index in [9.17, 15) is 4.79 Å². The first-order chi connectivity index (χ1) is 17.1. The Hall–Kier alpha value is -3.14. The molecule has 0 unspecified atom stereocenters. The van der Waals surface area contributed by atoms with Crippen LogP contribution >= 0.6 is 34.9 Å². The van der Waals surface area contributed by atoms with E-state index in [1.165, 1.54) is 34.2 Å². The summed E-state index contributed by atoms with van der Waals surface area (Å²) in [4.78, 5) is 12.1. The van der Waals surface area contributed by atoms with Crippen molar-refractivity contribution in [3.63, 3.8) is 0 Å². The fourth-order valence-corrected chi connectivity index (χ4v) is 5.64.